The van der Waals surface area contributed by atoms with Crippen LogP contribution in [0.25, 0.3) is 10.8 Å². The van der Waals surface area contributed by atoms with Gasteiger partial charge in [0.15, 0.2) is 21.3 Å². The summed E-state index contributed by atoms with van der Waals surface area (Å²) >= 11 is 0. The molecule has 3 aromatic carbocycles. The van der Waals surface area contributed by atoms with Gasteiger partial charge in [0.05, 0.1) is 48.3 Å². The Hall–Kier alpha value is -5.31. The number of aromatic amines is 2. The van der Waals surface area contributed by atoms with E-state index < -0.39 is 44.4 Å². The number of aromatic nitrogens is 2. The molecule has 4 aromatic rings. The van der Waals surface area contributed by atoms with Gasteiger partial charge in [-0.15, -0.1) is 0 Å². The molecular formula is C33H37N5O9S. The molecule has 14 nitrogen and oxygen atoms in total. The third kappa shape index (κ3) is 6.58. The average Bonchev–Trinajstić information content (AvgIpc) is 3.58. The second kappa shape index (κ2) is 13.8. The molecule has 0 saturated carbocycles. The highest BCUT2D eigenvalue weighted by Crippen LogP contribution is 2.41. The van der Waals surface area contributed by atoms with Gasteiger partial charge in [-0.05, 0) is 86.3 Å². The molecule has 4 N–H and O–H groups in total. The predicted octanol–water partition coefficient (Wildman–Crippen LogP) is 4.11. The van der Waals surface area contributed by atoms with Crippen LogP contribution in [0.2, 0.25) is 0 Å². The molecule has 2 heterocycles. The second-order valence-corrected chi connectivity index (χ2v) is 14.0. The highest BCUT2D eigenvalue weighted by Gasteiger charge is 2.38. The van der Waals surface area contributed by atoms with Crippen molar-refractivity contribution < 1.29 is 32.2 Å². The van der Waals surface area contributed by atoms with Gasteiger partial charge in [0.1, 0.15) is 6.04 Å². The number of anilines is 2. The maximum absolute atomic E-state index is 14.7. The van der Waals surface area contributed by atoms with Crippen molar-refractivity contribution in [1.82, 2.24) is 15.1 Å². The Morgan fingerprint density at radius 1 is 0.875 bits per heavy atom. The summed E-state index contributed by atoms with van der Waals surface area (Å²) in [7, 11) is 0.386. The largest absolute Gasteiger partial charge is 0.493 e. The van der Waals surface area contributed by atoms with E-state index in [9.17, 15) is 27.6 Å². The number of rotatable bonds is 10. The third-order valence-corrected chi connectivity index (χ3v) is 10.6. The lowest BCUT2D eigenvalue weighted by Crippen LogP contribution is -2.38. The van der Waals surface area contributed by atoms with Crippen molar-refractivity contribution >= 4 is 44.0 Å². The van der Waals surface area contributed by atoms with Gasteiger partial charge in [0, 0.05) is 17.9 Å². The van der Waals surface area contributed by atoms with Gasteiger partial charge in [-0.1, -0.05) is 6.07 Å². The van der Waals surface area contributed by atoms with Gasteiger partial charge >= 0.3 is 6.09 Å². The van der Waals surface area contributed by atoms with E-state index in [2.05, 4.69) is 20.8 Å². The predicted molar refractivity (Wildman–Crippen MR) is 180 cm³/mol. The van der Waals surface area contributed by atoms with Crippen molar-refractivity contribution in [3.63, 3.8) is 0 Å². The maximum Gasteiger partial charge on any atom is 0.411 e. The Labute approximate surface area is 276 Å². The molecule has 0 bridgehead atoms. The van der Waals surface area contributed by atoms with Crippen molar-refractivity contribution in [1.29, 1.82) is 0 Å². The lowest BCUT2D eigenvalue weighted by molar-refractivity contribution is -0.133. The van der Waals surface area contributed by atoms with E-state index in [1.54, 1.807) is 49.1 Å². The van der Waals surface area contributed by atoms with Gasteiger partial charge in [-0.3, -0.25) is 29.9 Å². The van der Waals surface area contributed by atoms with Crippen molar-refractivity contribution in [3.05, 3.63) is 86.4 Å². The monoisotopic (exact) mass is 679 g/mol. The number of nitrogens with one attached hydrogen (secondary N) is 4. The van der Waals surface area contributed by atoms with E-state index in [-0.39, 0.29) is 21.6 Å². The van der Waals surface area contributed by atoms with Crippen LogP contribution in [0.15, 0.2) is 69.1 Å². The fourth-order valence-corrected chi connectivity index (χ4v) is 7.13. The van der Waals surface area contributed by atoms with Crippen LogP contribution < -0.4 is 31.2 Å². The second-order valence-electron chi connectivity index (χ2n) is 11.5. The lowest BCUT2D eigenvalue weighted by atomic mass is 10.0. The molecule has 48 heavy (non-hydrogen) atoms. The normalized spacial score (nSPS) is 15.3. The summed E-state index contributed by atoms with van der Waals surface area (Å²) in [6, 6.07) is 12.4. The van der Waals surface area contributed by atoms with Crippen LogP contribution in [-0.2, 0) is 19.4 Å². The first-order valence-corrected chi connectivity index (χ1v) is 16.7. The molecule has 1 saturated heterocycles. The zero-order valence-corrected chi connectivity index (χ0v) is 27.9. The average molecular weight is 680 g/mol. The van der Waals surface area contributed by atoms with E-state index >= 15 is 0 Å². The highest BCUT2D eigenvalue weighted by molar-refractivity contribution is 7.92. The molecule has 1 aliphatic rings. The number of H-pyrrole nitrogens is 2. The molecule has 0 unspecified atom stereocenters. The van der Waals surface area contributed by atoms with Crippen LogP contribution in [0, 0.1) is 0 Å². The van der Waals surface area contributed by atoms with Crippen LogP contribution in [0.4, 0.5) is 16.2 Å². The number of fused-ring (bicyclic) bond motifs is 1. The number of ether oxygens (including phenoxy) is 3. The minimum Gasteiger partial charge on any atom is -0.493 e. The molecule has 15 heteroatoms. The third-order valence-electron chi connectivity index (χ3n) is 8.36. The molecule has 5 rings (SSSR count). The Balaban J connectivity index is 1.62. The fourth-order valence-electron chi connectivity index (χ4n) is 5.84. The van der Waals surface area contributed by atoms with Gasteiger partial charge in [0.25, 0.3) is 11.1 Å². The molecule has 2 atom stereocenters. The maximum atomic E-state index is 14.7. The first-order valence-electron chi connectivity index (χ1n) is 15.2. The number of amides is 2. The molecule has 2 amide bonds. The Morgan fingerprint density at radius 2 is 1.56 bits per heavy atom. The van der Waals surface area contributed by atoms with Crippen LogP contribution in [0.3, 0.4) is 0 Å². The van der Waals surface area contributed by atoms with E-state index in [0.29, 0.717) is 53.4 Å². The summed E-state index contributed by atoms with van der Waals surface area (Å²) < 4.78 is 42.8. The Morgan fingerprint density at radius 3 is 2.23 bits per heavy atom. The van der Waals surface area contributed by atoms with Crippen LogP contribution in [0.1, 0.15) is 49.9 Å². The topological polar surface area (TPSA) is 189 Å². The van der Waals surface area contributed by atoms with Crippen molar-refractivity contribution in [2.75, 3.05) is 38.5 Å². The van der Waals surface area contributed by atoms with E-state index in [4.69, 9.17) is 14.2 Å². The molecule has 1 aliphatic heterocycles. The standard InChI is InChI=1S/C33H37N5O9S/c1-18(2)48(43,44)28-13-10-21(35-33(42)47-5)17-24(28)25-7-6-14-38(25)32(41)29(19-8-12-26(45-3)27(15-19)46-4)34-20-9-11-22-23(16-20)31(40)37-36-30(22)39/h8-13,15-18,25,29,34H,6-7,14H2,1-5H3,(H,35,42)(H,36,39)(H,37,40)/t25-,29+/m1/s1. The molecule has 0 radical (unpaired) electrons. The van der Waals surface area contributed by atoms with Gasteiger partial charge in [-0.2, -0.15) is 0 Å². The summed E-state index contributed by atoms with van der Waals surface area (Å²) in [6.07, 6.45) is 0.313. The first kappa shape index (κ1) is 34.0. The van der Waals surface area contributed by atoms with Crippen molar-refractivity contribution in [2.45, 2.75) is 48.9 Å². The number of likely N-dealkylation sites (tertiary alicyclic amines) is 1. The van der Waals surface area contributed by atoms with Crippen molar-refractivity contribution in [3.8, 4) is 11.5 Å². The summed E-state index contributed by atoms with van der Waals surface area (Å²) in [5, 5.41) is 9.98. The molecular weight excluding hydrogens is 642 g/mol. The molecule has 0 aliphatic carbocycles. The molecule has 254 valence electrons. The zero-order chi connectivity index (χ0) is 34.7. The van der Waals surface area contributed by atoms with Gasteiger partial charge in [0.2, 0.25) is 5.91 Å². The quantitative estimate of drug-likeness (QED) is 0.190. The van der Waals surface area contributed by atoms with E-state index in [0.717, 1.165) is 0 Å². The number of methoxy groups -OCH3 is 3. The van der Waals surface area contributed by atoms with Gasteiger partial charge < -0.3 is 24.4 Å². The summed E-state index contributed by atoms with van der Waals surface area (Å²) in [4.78, 5) is 53.3. The van der Waals surface area contributed by atoms with E-state index in [1.165, 1.54) is 45.6 Å². The number of hydrogen-bond donors (Lipinski definition) is 4. The molecule has 1 fully saturated rings. The number of benzene rings is 3. The lowest BCUT2D eigenvalue weighted by Gasteiger charge is -2.32. The number of carbonyl (C=O) groups excluding carboxylic acids is 2. The SMILES string of the molecule is COC(=O)Nc1ccc(S(=O)(=O)C(C)C)c([C@H]2CCCN2C(=O)[C@@H](Nc2ccc3c(=O)[nH][nH]c(=O)c3c2)c2ccc(OC)c(OC)c2)c1. The minimum atomic E-state index is -3.80. The summed E-state index contributed by atoms with van der Waals surface area (Å²) in [6.45, 7) is 3.48. The van der Waals surface area contributed by atoms with Crippen LogP contribution in [0.5, 0.6) is 11.5 Å². The van der Waals surface area contributed by atoms with Crippen LogP contribution in [-0.4, -0.2) is 68.6 Å². The van der Waals surface area contributed by atoms with Crippen molar-refractivity contribution in [2.24, 2.45) is 0 Å². The Kier molecular flexibility index (Phi) is 9.79. The van der Waals surface area contributed by atoms with Crippen LogP contribution >= 0.6 is 0 Å². The Bertz CT molecular complexity index is 2090. The summed E-state index contributed by atoms with van der Waals surface area (Å²) in [5.41, 5.74) is 0.575. The van der Waals surface area contributed by atoms with Gasteiger partial charge in [-0.25, -0.2) is 13.2 Å². The summed E-state index contributed by atoms with van der Waals surface area (Å²) in [5.74, 6) is 0.436. The highest BCUT2D eigenvalue weighted by atomic mass is 32.2. The number of carbonyl (C=O) groups is 2. The molecule has 0 spiro atoms. The number of sulfone groups is 1. The fraction of sp³-hybridized carbons (Fsp3) is 0.333. The number of hydrogen-bond acceptors (Lipinski definition) is 10. The zero-order valence-electron chi connectivity index (χ0n) is 27.1. The smallest absolute Gasteiger partial charge is 0.411 e. The van der Waals surface area contributed by atoms with E-state index in [1.807, 2.05) is 0 Å². The number of nitrogens with zero attached hydrogens (tertiary/aromatic N) is 1. The first-order chi connectivity index (χ1) is 22.9. The molecule has 1 aromatic heterocycles. The minimum absolute atomic E-state index is 0.0622.